The predicted octanol–water partition coefficient (Wildman–Crippen LogP) is 1.41. The van der Waals surface area contributed by atoms with E-state index in [0.29, 0.717) is 18.3 Å². The molecule has 0 spiro atoms. The minimum atomic E-state index is -0.484. The summed E-state index contributed by atoms with van der Waals surface area (Å²) in [6.07, 6.45) is 6.00. The molecule has 2 N–H and O–H groups in total. The van der Waals surface area contributed by atoms with Crippen molar-refractivity contribution in [1.29, 1.82) is 0 Å². The molecule has 2 atom stereocenters. The summed E-state index contributed by atoms with van der Waals surface area (Å²) in [5.74, 6) is 0.320. The van der Waals surface area contributed by atoms with Crippen LogP contribution in [0.3, 0.4) is 0 Å². The highest BCUT2D eigenvalue weighted by molar-refractivity contribution is 5.22. The Morgan fingerprint density at radius 1 is 1.25 bits per heavy atom. The molecule has 0 radical (unpaired) electrons. The molecule has 1 saturated carbocycles. The maximum absolute atomic E-state index is 12.8. The maximum Gasteiger partial charge on any atom is 0.137 e. The van der Waals surface area contributed by atoms with Crippen molar-refractivity contribution in [1.82, 2.24) is 0 Å². The summed E-state index contributed by atoms with van der Waals surface area (Å²) in [7, 11) is 2.15. The Labute approximate surface area is 120 Å². The second-order valence-electron chi connectivity index (χ2n) is 5.80. The summed E-state index contributed by atoms with van der Waals surface area (Å²) in [6.45, 7) is 0.960. The molecule has 1 aromatic rings. The molecule has 20 heavy (non-hydrogen) atoms. The van der Waals surface area contributed by atoms with Gasteiger partial charge in [0.2, 0.25) is 0 Å². The molecule has 1 fully saturated rings. The molecular formula is C16H25FNO2+. The summed E-state index contributed by atoms with van der Waals surface area (Å²) in [4.78, 5) is 1.39. The maximum atomic E-state index is 12.8. The molecule has 2 unspecified atom stereocenters. The van der Waals surface area contributed by atoms with Gasteiger partial charge in [-0.15, -0.1) is 0 Å². The van der Waals surface area contributed by atoms with Gasteiger partial charge in [-0.2, -0.15) is 0 Å². The molecule has 0 heterocycles. The van der Waals surface area contributed by atoms with E-state index in [-0.39, 0.29) is 12.4 Å². The fraction of sp³-hybridized carbons (Fsp3) is 0.625. The minimum Gasteiger partial charge on any atom is -0.491 e. The second kappa shape index (κ2) is 7.60. The highest BCUT2D eigenvalue weighted by Crippen LogP contribution is 2.15. The lowest BCUT2D eigenvalue weighted by molar-refractivity contribution is -0.910. The van der Waals surface area contributed by atoms with Gasteiger partial charge < -0.3 is 14.7 Å². The van der Waals surface area contributed by atoms with Gasteiger partial charge in [-0.1, -0.05) is 6.42 Å². The molecule has 1 aliphatic rings. The number of aliphatic hydroxyl groups is 1. The quantitative estimate of drug-likeness (QED) is 0.827. The van der Waals surface area contributed by atoms with Crippen molar-refractivity contribution in [2.45, 2.75) is 44.2 Å². The first-order chi connectivity index (χ1) is 9.65. The van der Waals surface area contributed by atoms with Crippen LogP contribution < -0.4 is 9.64 Å². The number of aliphatic hydroxyl groups excluding tert-OH is 1. The lowest BCUT2D eigenvalue weighted by atomic mass is 9.94. The molecule has 112 valence electrons. The zero-order valence-corrected chi connectivity index (χ0v) is 12.1. The summed E-state index contributed by atoms with van der Waals surface area (Å²) in [5, 5.41) is 10.0. The summed E-state index contributed by atoms with van der Waals surface area (Å²) in [5.41, 5.74) is 0. The highest BCUT2D eigenvalue weighted by atomic mass is 19.1. The lowest BCUT2D eigenvalue weighted by Crippen LogP contribution is -3.14. The number of halogens is 1. The van der Waals surface area contributed by atoms with Crippen LogP contribution in [0.4, 0.5) is 4.39 Å². The Kier molecular flexibility index (Phi) is 5.80. The Bertz CT molecular complexity index is 390. The summed E-state index contributed by atoms with van der Waals surface area (Å²) in [6, 6.07) is 6.56. The first kappa shape index (κ1) is 15.3. The van der Waals surface area contributed by atoms with Crippen LogP contribution in [0.15, 0.2) is 24.3 Å². The average Bonchev–Trinajstić information content (AvgIpc) is 2.47. The Morgan fingerprint density at radius 3 is 2.55 bits per heavy atom. The molecule has 0 aliphatic heterocycles. The van der Waals surface area contributed by atoms with Crippen molar-refractivity contribution in [3.63, 3.8) is 0 Å². The zero-order chi connectivity index (χ0) is 14.4. The van der Waals surface area contributed by atoms with Crippen molar-refractivity contribution in [2.75, 3.05) is 20.2 Å². The number of nitrogens with one attached hydrogen (secondary N) is 1. The van der Waals surface area contributed by atoms with E-state index >= 15 is 0 Å². The van der Waals surface area contributed by atoms with Crippen LogP contribution in [0.2, 0.25) is 0 Å². The van der Waals surface area contributed by atoms with E-state index < -0.39 is 6.10 Å². The number of hydrogen-bond acceptors (Lipinski definition) is 2. The third-order valence-electron chi connectivity index (χ3n) is 4.12. The van der Waals surface area contributed by atoms with Crippen LogP contribution in [0, 0.1) is 5.82 Å². The fourth-order valence-electron chi connectivity index (χ4n) is 2.92. The Morgan fingerprint density at radius 2 is 1.90 bits per heavy atom. The van der Waals surface area contributed by atoms with Crippen LogP contribution in [-0.2, 0) is 0 Å². The molecule has 4 heteroatoms. The first-order valence-corrected chi connectivity index (χ1v) is 7.54. The molecule has 0 saturated heterocycles. The van der Waals surface area contributed by atoms with Crippen molar-refractivity contribution in [3.05, 3.63) is 30.1 Å². The van der Waals surface area contributed by atoms with Crippen LogP contribution in [0.25, 0.3) is 0 Å². The second-order valence-corrected chi connectivity index (χ2v) is 5.80. The molecule has 1 aliphatic carbocycles. The van der Waals surface area contributed by atoms with E-state index in [0.717, 1.165) is 0 Å². The smallest absolute Gasteiger partial charge is 0.137 e. The van der Waals surface area contributed by atoms with E-state index in [1.54, 1.807) is 12.1 Å². The summed E-state index contributed by atoms with van der Waals surface area (Å²) >= 11 is 0. The molecule has 1 aromatic carbocycles. The van der Waals surface area contributed by atoms with Gasteiger partial charge in [0.15, 0.2) is 0 Å². The van der Waals surface area contributed by atoms with Crippen molar-refractivity contribution in [3.8, 4) is 5.75 Å². The number of hydrogen-bond donors (Lipinski definition) is 2. The van der Waals surface area contributed by atoms with Gasteiger partial charge in [0.05, 0.1) is 13.1 Å². The van der Waals surface area contributed by atoms with Crippen molar-refractivity contribution in [2.24, 2.45) is 0 Å². The third-order valence-corrected chi connectivity index (χ3v) is 4.12. The largest absolute Gasteiger partial charge is 0.491 e. The van der Waals surface area contributed by atoms with Gasteiger partial charge in [0, 0.05) is 0 Å². The minimum absolute atomic E-state index is 0.260. The van der Waals surface area contributed by atoms with E-state index in [2.05, 4.69) is 7.05 Å². The lowest BCUT2D eigenvalue weighted by Gasteiger charge is -2.29. The highest BCUT2D eigenvalue weighted by Gasteiger charge is 2.23. The van der Waals surface area contributed by atoms with Crippen LogP contribution in [0.5, 0.6) is 5.75 Å². The molecule has 3 nitrogen and oxygen atoms in total. The average molecular weight is 282 g/mol. The van der Waals surface area contributed by atoms with Crippen molar-refractivity contribution < 1.29 is 19.1 Å². The van der Waals surface area contributed by atoms with E-state index in [4.69, 9.17) is 4.74 Å². The number of rotatable bonds is 6. The number of quaternary nitrogens is 1. The van der Waals surface area contributed by atoms with E-state index in [9.17, 15) is 9.50 Å². The Hall–Kier alpha value is -1.13. The van der Waals surface area contributed by atoms with Gasteiger partial charge in [0.1, 0.15) is 30.8 Å². The SMILES string of the molecule is C[NH+](CC(O)COc1ccc(F)cc1)C1CCCCC1. The van der Waals surface area contributed by atoms with Gasteiger partial charge >= 0.3 is 0 Å². The topological polar surface area (TPSA) is 33.9 Å². The monoisotopic (exact) mass is 282 g/mol. The van der Waals surface area contributed by atoms with Crippen LogP contribution in [-0.4, -0.2) is 37.5 Å². The van der Waals surface area contributed by atoms with Gasteiger partial charge in [-0.05, 0) is 49.9 Å². The van der Waals surface area contributed by atoms with Gasteiger partial charge in [-0.25, -0.2) is 4.39 Å². The standard InChI is InChI=1S/C16H24FNO2/c1-18(14-5-3-2-4-6-14)11-15(19)12-20-16-9-7-13(17)8-10-16/h7-10,14-15,19H,2-6,11-12H2,1H3/p+1. The third kappa shape index (κ3) is 4.76. The molecule has 2 rings (SSSR count). The van der Waals surface area contributed by atoms with E-state index in [1.165, 1.54) is 49.1 Å². The normalized spacial score (nSPS) is 19.6. The Balaban J connectivity index is 1.71. The van der Waals surface area contributed by atoms with Gasteiger partial charge in [-0.3, -0.25) is 0 Å². The first-order valence-electron chi connectivity index (χ1n) is 7.54. The fourth-order valence-corrected chi connectivity index (χ4v) is 2.92. The predicted molar refractivity (Wildman–Crippen MR) is 76.5 cm³/mol. The van der Waals surface area contributed by atoms with Crippen LogP contribution >= 0.6 is 0 Å². The summed E-state index contributed by atoms with van der Waals surface area (Å²) < 4.78 is 18.2. The van der Waals surface area contributed by atoms with Crippen LogP contribution in [0.1, 0.15) is 32.1 Å². The molecule has 0 amide bonds. The van der Waals surface area contributed by atoms with E-state index in [1.807, 2.05) is 0 Å². The number of likely N-dealkylation sites (N-methyl/N-ethyl adjacent to an activating group) is 1. The van der Waals surface area contributed by atoms with Gasteiger partial charge in [0.25, 0.3) is 0 Å². The number of ether oxygens (including phenoxy) is 1. The molecule has 0 bridgehead atoms. The number of benzene rings is 1. The zero-order valence-electron chi connectivity index (χ0n) is 12.1. The molecule has 0 aromatic heterocycles. The van der Waals surface area contributed by atoms with Crippen molar-refractivity contribution >= 4 is 0 Å². The molecular weight excluding hydrogens is 257 g/mol.